The second-order valence-electron chi connectivity index (χ2n) is 8.05. The summed E-state index contributed by atoms with van der Waals surface area (Å²) in [6.07, 6.45) is 3.94. The molecule has 0 radical (unpaired) electrons. The summed E-state index contributed by atoms with van der Waals surface area (Å²) in [6, 6.07) is 4.02. The summed E-state index contributed by atoms with van der Waals surface area (Å²) in [6.45, 7) is 6.50. The second-order valence-corrected chi connectivity index (χ2v) is 10.0. The molecule has 2 heterocycles. The topological polar surface area (TPSA) is 68.6 Å². The summed E-state index contributed by atoms with van der Waals surface area (Å²) in [5.74, 6) is -0.485. The number of benzene rings is 1. The Kier molecular flexibility index (Phi) is 4.96. The fourth-order valence-electron chi connectivity index (χ4n) is 3.50. The number of amides is 1. The number of aromatic nitrogens is 1. The Balaban J connectivity index is 1.93. The first-order valence-electron chi connectivity index (χ1n) is 8.94. The minimum Gasteiger partial charge on any atom is -0.444 e. The maximum atomic E-state index is 13.7. The minimum absolute atomic E-state index is 0.0961. The summed E-state index contributed by atoms with van der Waals surface area (Å²) >= 11 is 0. The standard InChI is InChI=1S/C19H25FN2O4S/c1-19(2,3)26-18(23)22-9-5-6-14(22)11-21-12-17(27(4,24)25)15-10-13(20)7-8-16(15)21/h7-8,10,12,14H,5-6,9,11H2,1-4H3/t14-/m0/s1. The number of rotatable bonds is 3. The molecule has 1 saturated heterocycles. The number of nitrogens with zero attached hydrogens (tertiary/aromatic N) is 2. The van der Waals surface area contributed by atoms with Gasteiger partial charge in [0.05, 0.1) is 10.9 Å². The van der Waals surface area contributed by atoms with Crippen LogP contribution in [0.5, 0.6) is 0 Å². The van der Waals surface area contributed by atoms with Crippen molar-refractivity contribution in [3.63, 3.8) is 0 Å². The highest BCUT2D eigenvalue weighted by Gasteiger charge is 2.33. The third-order valence-electron chi connectivity index (χ3n) is 4.62. The number of hydrogen-bond acceptors (Lipinski definition) is 4. The molecule has 148 valence electrons. The number of fused-ring (bicyclic) bond motifs is 1. The van der Waals surface area contributed by atoms with Crippen LogP contribution in [-0.2, 0) is 21.1 Å². The van der Waals surface area contributed by atoms with Gasteiger partial charge in [0.15, 0.2) is 9.84 Å². The van der Waals surface area contributed by atoms with E-state index < -0.39 is 21.3 Å². The van der Waals surface area contributed by atoms with E-state index >= 15 is 0 Å². The Morgan fingerprint density at radius 3 is 2.67 bits per heavy atom. The lowest BCUT2D eigenvalue weighted by atomic mass is 10.2. The van der Waals surface area contributed by atoms with Crippen LogP contribution in [0, 0.1) is 5.82 Å². The minimum atomic E-state index is -3.51. The molecule has 1 aliphatic rings. The zero-order valence-corrected chi connectivity index (χ0v) is 16.8. The molecule has 0 aliphatic carbocycles. The first kappa shape index (κ1) is 19.7. The Hall–Kier alpha value is -2.09. The highest BCUT2D eigenvalue weighted by atomic mass is 32.2. The molecule has 2 aromatic rings. The van der Waals surface area contributed by atoms with Gasteiger partial charge >= 0.3 is 6.09 Å². The van der Waals surface area contributed by atoms with E-state index in [-0.39, 0.29) is 17.0 Å². The fourth-order valence-corrected chi connectivity index (χ4v) is 4.38. The van der Waals surface area contributed by atoms with Crippen molar-refractivity contribution in [3.8, 4) is 0 Å². The monoisotopic (exact) mass is 396 g/mol. The zero-order chi connectivity index (χ0) is 20.0. The molecule has 0 unspecified atom stereocenters. The van der Waals surface area contributed by atoms with Crippen LogP contribution in [0.1, 0.15) is 33.6 Å². The lowest BCUT2D eigenvalue weighted by Gasteiger charge is -2.29. The molecule has 27 heavy (non-hydrogen) atoms. The van der Waals surface area contributed by atoms with Gasteiger partial charge in [-0.1, -0.05) is 0 Å². The van der Waals surface area contributed by atoms with E-state index in [0.717, 1.165) is 19.1 Å². The molecule has 1 aromatic carbocycles. The normalized spacial score (nSPS) is 18.3. The number of carbonyl (C=O) groups excluding carboxylic acids is 1. The van der Waals surface area contributed by atoms with Crippen LogP contribution in [0.2, 0.25) is 0 Å². The molecule has 6 nitrogen and oxygen atoms in total. The Morgan fingerprint density at radius 2 is 2.04 bits per heavy atom. The smallest absolute Gasteiger partial charge is 0.410 e. The second kappa shape index (κ2) is 6.82. The highest BCUT2D eigenvalue weighted by Crippen LogP contribution is 2.29. The molecule has 1 atom stereocenters. The first-order valence-corrected chi connectivity index (χ1v) is 10.8. The van der Waals surface area contributed by atoms with Crippen molar-refractivity contribution in [1.82, 2.24) is 9.47 Å². The molecule has 0 bridgehead atoms. The quantitative estimate of drug-likeness (QED) is 0.795. The molecule has 8 heteroatoms. The Morgan fingerprint density at radius 1 is 1.33 bits per heavy atom. The van der Waals surface area contributed by atoms with Crippen molar-refractivity contribution in [2.24, 2.45) is 0 Å². The van der Waals surface area contributed by atoms with Gasteiger partial charge in [-0.05, 0) is 51.8 Å². The van der Waals surface area contributed by atoms with Crippen molar-refractivity contribution in [2.45, 2.75) is 56.7 Å². The summed E-state index contributed by atoms with van der Waals surface area (Å²) in [4.78, 5) is 14.3. The van der Waals surface area contributed by atoms with Gasteiger partial charge in [-0.3, -0.25) is 0 Å². The molecule has 1 fully saturated rings. The Bertz CT molecular complexity index is 975. The molecule has 1 amide bonds. The van der Waals surface area contributed by atoms with E-state index in [2.05, 4.69) is 0 Å². The fraction of sp³-hybridized carbons (Fsp3) is 0.526. The third kappa shape index (κ3) is 4.26. The molecule has 0 N–H and O–H groups in total. The van der Waals surface area contributed by atoms with E-state index in [1.807, 2.05) is 20.8 Å². The van der Waals surface area contributed by atoms with Crippen LogP contribution in [-0.4, -0.2) is 48.4 Å². The van der Waals surface area contributed by atoms with Gasteiger partial charge < -0.3 is 14.2 Å². The number of hydrogen-bond donors (Lipinski definition) is 0. The molecular formula is C19H25FN2O4S. The molecule has 0 saturated carbocycles. The van der Waals surface area contributed by atoms with Gasteiger partial charge in [0, 0.05) is 36.4 Å². The predicted molar refractivity (Wildman–Crippen MR) is 101 cm³/mol. The predicted octanol–water partition coefficient (Wildman–Crippen LogP) is 3.58. The van der Waals surface area contributed by atoms with Crippen molar-refractivity contribution in [2.75, 3.05) is 12.8 Å². The van der Waals surface area contributed by atoms with Crippen LogP contribution in [0.15, 0.2) is 29.3 Å². The number of likely N-dealkylation sites (tertiary alicyclic amines) is 1. The highest BCUT2D eigenvalue weighted by molar-refractivity contribution is 7.91. The number of sulfone groups is 1. The molecule has 0 spiro atoms. The van der Waals surface area contributed by atoms with Crippen LogP contribution < -0.4 is 0 Å². The largest absolute Gasteiger partial charge is 0.444 e. The first-order chi connectivity index (χ1) is 12.5. The molecule has 3 rings (SSSR count). The van der Waals surface area contributed by atoms with Crippen LogP contribution in [0.25, 0.3) is 10.9 Å². The van der Waals surface area contributed by atoms with Crippen molar-refractivity contribution >= 4 is 26.8 Å². The Labute approximate surface area is 158 Å². The van der Waals surface area contributed by atoms with Crippen molar-refractivity contribution < 1.29 is 22.3 Å². The molecule has 1 aliphatic heterocycles. The van der Waals surface area contributed by atoms with Crippen LogP contribution >= 0.6 is 0 Å². The lowest BCUT2D eigenvalue weighted by molar-refractivity contribution is 0.0215. The van der Waals surface area contributed by atoms with Gasteiger partial charge in [-0.2, -0.15) is 0 Å². The van der Waals surface area contributed by atoms with Gasteiger partial charge in [0.1, 0.15) is 11.4 Å². The zero-order valence-electron chi connectivity index (χ0n) is 16.0. The third-order valence-corrected chi connectivity index (χ3v) is 5.74. The summed E-state index contributed by atoms with van der Waals surface area (Å²) in [5.41, 5.74) is 0.0543. The maximum absolute atomic E-state index is 13.7. The van der Waals surface area contributed by atoms with Gasteiger partial charge in [-0.15, -0.1) is 0 Å². The van der Waals surface area contributed by atoms with Gasteiger partial charge in [0.2, 0.25) is 0 Å². The van der Waals surface area contributed by atoms with E-state index in [1.165, 1.54) is 18.3 Å². The van der Waals surface area contributed by atoms with Gasteiger partial charge in [-0.25, -0.2) is 17.6 Å². The molecular weight excluding hydrogens is 371 g/mol. The lowest BCUT2D eigenvalue weighted by Crippen LogP contribution is -2.41. The molecule has 1 aromatic heterocycles. The van der Waals surface area contributed by atoms with E-state index in [4.69, 9.17) is 4.74 Å². The van der Waals surface area contributed by atoms with E-state index in [0.29, 0.717) is 24.0 Å². The van der Waals surface area contributed by atoms with E-state index in [1.54, 1.807) is 15.5 Å². The average molecular weight is 396 g/mol. The number of carbonyl (C=O) groups is 1. The van der Waals surface area contributed by atoms with Crippen LogP contribution in [0.3, 0.4) is 0 Å². The number of ether oxygens (including phenoxy) is 1. The number of halogens is 1. The summed E-state index contributed by atoms with van der Waals surface area (Å²) in [5, 5.41) is 0.360. The maximum Gasteiger partial charge on any atom is 0.410 e. The SMILES string of the molecule is CC(C)(C)OC(=O)N1CCC[C@H]1Cn1cc(S(C)(=O)=O)c2cc(F)ccc21. The van der Waals surface area contributed by atoms with Gasteiger partial charge in [0.25, 0.3) is 0 Å². The van der Waals surface area contributed by atoms with Crippen LogP contribution in [0.4, 0.5) is 9.18 Å². The summed E-state index contributed by atoms with van der Waals surface area (Å²) < 4.78 is 45.2. The van der Waals surface area contributed by atoms with Crippen molar-refractivity contribution in [3.05, 3.63) is 30.2 Å². The average Bonchev–Trinajstić information content (AvgIpc) is 3.10. The van der Waals surface area contributed by atoms with E-state index in [9.17, 15) is 17.6 Å². The van der Waals surface area contributed by atoms with Crippen molar-refractivity contribution in [1.29, 1.82) is 0 Å². The summed E-state index contributed by atoms with van der Waals surface area (Å²) in [7, 11) is -3.51.